The Bertz CT molecular complexity index is 1410. The molecule has 0 fully saturated rings. The number of esters is 1. The summed E-state index contributed by atoms with van der Waals surface area (Å²) < 4.78 is 50.9. The first-order valence-corrected chi connectivity index (χ1v) is 11.2. The van der Waals surface area contributed by atoms with Crippen molar-refractivity contribution in [1.82, 2.24) is 19.5 Å². The van der Waals surface area contributed by atoms with E-state index in [1.807, 2.05) is 0 Å². The van der Waals surface area contributed by atoms with Gasteiger partial charge in [-0.1, -0.05) is 34.4 Å². The largest absolute Gasteiger partial charge is 0.460 e. The highest BCUT2D eigenvalue weighted by Gasteiger charge is 2.32. The standard InChI is InChI=1S/C23H19Cl2F3N4O3/c1-22(2,3)34-18(33)7-5-12-4-6-14(15(24)8-12)19-30-21(35-31-19)17-11-32-10-13(23(26,27)28)9-16(25)20(32)29-17/h4,6,8-11H,5,7H2,1-3H3. The molecule has 0 spiro atoms. The van der Waals surface area contributed by atoms with Gasteiger partial charge in [-0.3, -0.25) is 4.79 Å². The molecule has 35 heavy (non-hydrogen) atoms. The smallest absolute Gasteiger partial charge is 0.417 e. The second kappa shape index (κ2) is 9.16. The van der Waals surface area contributed by atoms with Crippen LogP contribution < -0.4 is 0 Å². The van der Waals surface area contributed by atoms with E-state index in [2.05, 4.69) is 15.1 Å². The lowest BCUT2D eigenvalue weighted by Gasteiger charge is -2.19. The van der Waals surface area contributed by atoms with Crippen molar-refractivity contribution in [2.45, 2.75) is 45.4 Å². The normalized spacial score (nSPS) is 12.3. The molecule has 0 aliphatic carbocycles. The third-order valence-electron chi connectivity index (χ3n) is 4.79. The zero-order valence-electron chi connectivity index (χ0n) is 18.8. The number of fused-ring (bicyclic) bond motifs is 1. The van der Waals surface area contributed by atoms with Gasteiger partial charge in [0.25, 0.3) is 5.89 Å². The van der Waals surface area contributed by atoms with E-state index in [1.165, 1.54) is 6.20 Å². The highest BCUT2D eigenvalue weighted by molar-refractivity contribution is 6.33. The first-order chi connectivity index (χ1) is 16.3. The number of hydrogen-bond acceptors (Lipinski definition) is 6. The zero-order chi connectivity index (χ0) is 25.5. The molecule has 3 aromatic heterocycles. The second-order valence-electron chi connectivity index (χ2n) is 8.76. The lowest BCUT2D eigenvalue weighted by molar-refractivity contribution is -0.154. The molecule has 0 aliphatic rings. The van der Waals surface area contributed by atoms with Gasteiger partial charge in [0.2, 0.25) is 5.82 Å². The number of nitrogens with zero attached hydrogens (tertiary/aromatic N) is 4. The minimum Gasteiger partial charge on any atom is -0.460 e. The van der Waals surface area contributed by atoms with Crippen molar-refractivity contribution in [2.75, 3.05) is 0 Å². The van der Waals surface area contributed by atoms with Crippen molar-refractivity contribution in [3.05, 3.63) is 57.8 Å². The minimum atomic E-state index is -4.56. The molecule has 0 saturated carbocycles. The fourth-order valence-corrected chi connectivity index (χ4v) is 3.83. The number of carbonyl (C=O) groups excluding carboxylic acids is 1. The molecule has 0 amide bonds. The Morgan fingerprint density at radius 1 is 1.09 bits per heavy atom. The third-order valence-corrected chi connectivity index (χ3v) is 5.38. The number of rotatable bonds is 5. The van der Waals surface area contributed by atoms with Gasteiger partial charge in [-0.2, -0.15) is 18.2 Å². The van der Waals surface area contributed by atoms with Gasteiger partial charge in [-0.05, 0) is 51.0 Å². The molecule has 0 atom stereocenters. The lowest BCUT2D eigenvalue weighted by atomic mass is 10.1. The van der Waals surface area contributed by atoms with Crippen LogP contribution in [0, 0.1) is 0 Å². The third kappa shape index (κ3) is 5.76. The molecule has 3 heterocycles. The second-order valence-corrected chi connectivity index (χ2v) is 9.57. The first kappa shape index (κ1) is 25.0. The number of alkyl halides is 3. The summed E-state index contributed by atoms with van der Waals surface area (Å²) in [6.45, 7) is 5.41. The van der Waals surface area contributed by atoms with E-state index in [0.717, 1.165) is 22.2 Å². The number of aryl methyl sites for hydroxylation is 1. The summed E-state index contributed by atoms with van der Waals surface area (Å²) in [5.74, 6) is -0.156. The molecule has 184 valence electrons. The van der Waals surface area contributed by atoms with E-state index in [4.69, 9.17) is 32.5 Å². The predicted molar refractivity (Wildman–Crippen MR) is 123 cm³/mol. The first-order valence-electron chi connectivity index (χ1n) is 10.4. The molecular formula is C23H19Cl2F3N4O3. The number of aromatic nitrogens is 4. The SMILES string of the molecule is CC(C)(C)OC(=O)CCc1ccc(-c2noc(-c3cn4cc(C(F)(F)F)cc(Cl)c4n3)n2)c(Cl)c1. The van der Waals surface area contributed by atoms with E-state index in [9.17, 15) is 18.0 Å². The van der Waals surface area contributed by atoms with Gasteiger partial charge in [0.15, 0.2) is 5.65 Å². The van der Waals surface area contributed by atoms with Crippen LogP contribution in [0.25, 0.3) is 28.6 Å². The van der Waals surface area contributed by atoms with Crippen LogP contribution in [0.3, 0.4) is 0 Å². The van der Waals surface area contributed by atoms with E-state index in [0.29, 0.717) is 17.0 Å². The van der Waals surface area contributed by atoms with Crippen molar-refractivity contribution >= 4 is 34.8 Å². The molecule has 0 N–H and O–H groups in total. The molecule has 12 heteroatoms. The Balaban J connectivity index is 1.54. The van der Waals surface area contributed by atoms with E-state index >= 15 is 0 Å². The number of benzene rings is 1. The molecule has 0 aliphatic heterocycles. The van der Waals surface area contributed by atoms with Crippen molar-refractivity contribution in [2.24, 2.45) is 0 Å². The fraction of sp³-hybridized carbons (Fsp3) is 0.304. The Hall–Kier alpha value is -3.11. The average Bonchev–Trinajstić information content (AvgIpc) is 3.37. The summed E-state index contributed by atoms with van der Waals surface area (Å²) in [5.41, 5.74) is 0.0927. The Morgan fingerprint density at radius 2 is 1.83 bits per heavy atom. The summed E-state index contributed by atoms with van der Waals surface area (Å²) in [5, 5.41) is 4.08. The van der Waals surface area contributed by atoms with Crippen molar-refractivity contribution in [1.29, 1.82) is 0 Å². The van der Waals surface area contributed by atoms with Crippen molar-refractivity contribution < 1.29 is 27.2 Å². The zero-order valence-corrected chi connectivity index (χ0v) is 20.3. The molecule has 7 nitrogen and oxygen atoms in total. The minimum absolute atomic E-state index is 0.0154. The maximum atomic E-state index is 13.1. The number of halogens is 5. The van der Waals surface area contributed by atoms with Crippen LogP contribution in [-0.4, -0.2) is 31.1 Å². The summed E-state index contributed by atoms with van der Waals surface area (Å²) in [7, 11) is 0. The molecule has 4 aromatic rings. The molecule has 0 saturated heterocycles. The quantitative estimate of drug-likeness (QED) is 0.270. The molecule has 0 unspecified atom stereocenters. The van der Waals surface area contributed by atoms with Crippen LogP contribution in [-0.2, 0) is 22.1 Å². The van der Waals surface area contributed by atoms with Gasteiger partial charge < -0.3 is 13.7 Å². The molecular weight excluding hydrogens is 508 g/mol. The van der Waals surface area contributed by atoms with Gasteiger partial charge in [0, 0.05) is 24.4 Å². The van der Waals surface area contributed by atoms with Gasteiger partial charge in [0.05, 0.1) is 15.6 Å². The van der Waals surface area contributed by atoms with Crippen LogP contribution in [0.1, 0.15) is 38.3 Å². The number of pyridine rings is 1. The lowest BCUT2D eigenvalue weighted by Crippen LogP contribution is -2.24. The topological polar surface area (TPSA) is 82.5 Å². The Labute approximate surface area is 207 Å². The monoisotopic (exact) mass is 526 g/mol. The van der Waals surface area contributed by atoms with Gasteiger partial charge in [-0.15, -0.1) is 0 Å². The molecule has 0 radical (unpaired) electrons. The number of hydrogen-bond donors (Lipinski definition) is 0. The van der Waals surface area contributed by atoms with Crippen LogP contribution in [0.15, 0.2) is 41.2 Å². The van der Waals surface area contributed by atoms with Crippen molar-refractivity contribution in [3.8, 4) is 23.0 Å². The van der Waals surface area contributed by atoms with Crippen LogP contribution in [0.2, 0.25) is 10.0 Å². The summed E-state index contributed by atoms with van der Waals surface area (Å²) >= 11 is 12.4. The maximum absolute atomic E-state index is 13.1. The van der Waals surface area contributed by atoms with Gasteiger partial charge in [0.1, 0.15) is 11.3 Å². The Morgan fingerprint density at radius 3 is 2.49 bits per heavy atom. The van der Waals surface area contributed by atoms with Crippen molar-refractivity contribution in [3.63, 3.8) is 0 Å². The van der Waals surface area contributed by atoms with E-state index in [1.54, 1.807) is 39.0 Å². The van der Waals surface area contributed by atoms with Crippen LogP contribution in [0.5, 0.6) is 0 Å². The van der Waals surface area contributed by atoms with Crippen LogP contribution in [0.4, 0.5) is 13.2 Å². The number of imidazole rings is 1. The van der Waals surface area contributed by atoms with E-state index in [-0.39, 0.29) is 40.5 Å². The average molecular weight is 527 g/mol. The number of ether oxygens (including phenoxy) is 1. The Kier molecular flexibility index (Phi) is 6.54. The molecule has 0 bridgehead atoms. The summed E-state index contributed by atoms with van der Waals surface area (Å²) in [6.07, 6.45) is -1.73. The highest BCUT2D eigenvalue weighted by Crippen LogP contribution is 2.34. The maximum Gasteiger partial charge on any atom is 0.417 e. The molecule has 4 rings (SSSR count). The molecule has 1 aromatic carbocycles. The number of carbonyl (C=O) groups is 1. The van der Waals surface area contributed by atoms with Gasteiger partial charge in [-0.25, -0.2) is 4.98 Å². The fourth-order valence-electron chi connectivity index (χ4n) is 3.29. The predicted octanol–water partition coefficient (Wildman–Crippen LogP) is 6.65. The highest BCUT2D eigenvalue weighted by atomic mass is 35.5. The summed E-state index contributed by atoms with van der Waals surface area (Å²) in [6, 6.07) is 5.97. The summed E-state index contributed by atoms with van der Waals surface area (Å²) in [4.78, 5) is 20.4. The van der Waals surface area contributed by atoms with Gasteiger partial charge >= 0.3 is 12.1 Å². The van der Waals surface area contributed by atoms with Crippen LogP contribution >= 0.6 is 23.2 Å². The van der Waals surface area contributed by atoms with E-state index < -0.39 is 17.3 Å².